The number of nitrogen functional groups attached to an aromatic ring is 1. The summed E-state index contributed by atoms with van der Waals surface area (Å²) >= 11 is 0. The van der Waals surface area contributed by atoms with E-state index in [9.17, 15) is 13.2 Å². The lowest BCUT2D eigenvalue weighted by Crippen LogP contribution is -2.38. The molecule has 0 aliphatic carbocycles. The van der Waals surface area contributed by atoms with Gasteiger partial charge < -0.3 is 15.8 Å². The van der Waals surface area contributed by atoms with Crippen molar-refractivity contribution in [2.75, 3.05) is 5.73 Å². The first-order chi connectivity index (χ1) is 6.79. The molecule has 0 aromatic carbocycles. The number of alkyl halides is 3. The van der Waals surface area contributed by atoms with E-state index in [0.717, 1.165) is 4.68 Å². The minimum atomic E-state index is -4.70. The van der Waals surface area contributed by atoms with Crippen LogP contribution >= 0.6 is 0 Å². The minimum absolute atomic E-state index is 0.0627. The van der Waals surface area contributed by atoms with Crippen LogP contribution in [-0.4, -0.2) is 26.9 Å². The van der Waals surface area contributed by atoms with Crippen molar-refractivity contribution in [1.82, 2.24) is 9.78 Å². The summed E-state index contributed by atoms with van der Waals surface area (Å²) in [7, 11) is -2.08. The summed E-state index contributed by atoms with van der Waals surface area (Å²) in [5, 5.41) is 20.9. The Labute approximate surface area is 83.5 Å². The summed E-state index contributed by atoms with van der Waals surface area (Å²) in [4.78, 5) is 0. The van der Waals surface area contributed by atoms with Crippen molar-refractivity contribution in [2.24, 2.45) is 0 Å². The van der Waals surface area contributed by atoms with Crippen molar-refractivity contribution in [2.45, 2.75) is 19.6 Å². The maximum absolute atomic E-state index is 12.3. The summed E-state index contributed by atoms with van der Waals surface area (Å²) < 4.78 is 37.8. The average Bonchev–Trinajstić information content (AvgIpc) is 2.41. The Morgan fingerprint density at radius 3 is 2.27 bits per heavy atom. The maximum atomic E-state index is 12.3. The molecule has 4 N–H and O–H groups in total. The number of hydrogen-bond acceptors (Lipinski definition) is 4. The van der Waals surface area contributed by atoms with Gasteiger partial charge in [0.05, 0.1) is 11.3 Å². The molecule has 0 spiro atoms. The molecule has 0 atom stereocenters. The van der Waals surface area contributed by atoms with Gasteiger partial charge in [0.15, 0.2) is 5.69 Å². The molecule has 0 aliphatic heterocycles. The second-order valence-electron chi connectivity index (χ2n) is 2.83. The highest BCUT2D eigenvalue weighted by atomic mass is 19.4. The molecule has 84 valence electrons. The van der Waals surface area contributed by atoms with Gasteiger partial charge in [-0.2, -0.15) is 18.3 Å². The van der Waals surface area contributed by atoms with Crippen molar-refractivity contribution < 1.29 is 23.2 Å². The van der Waals surface area contributed by atoms with Crippen LogP contribution in [0.4, 0.5) is 18.9 Å². The van der Waals surface area contributed by atoms with Gasteiger partial charge >= 0.3 is 13.3 Å². The summed E-state index contributed by atoms with van der Waals surface area (Å²) in [5.74, 6) is 0. The second kappa shape index (κ2) is 3.74. The van der Waals surface area contributed by atoms with E-state index >= 15 is 0 Å². The highest BCUT2D eigenvalue weighted by molar-refractivity contribution is 6.59. The SMILES string of the molecule is CCn1nc(C(F)(F)F)c(N)c1B(O)O. The van der Waals surface area contributed by atoms with Gasteiger partial charge in [-0.25, -0.2) is 0 Å². The van der Waals surface area contributed by atoms with E-state index in [2.05, 4.69) is 5.10 Å². The zero-order valence-corrected chi connectivity index (χ0v) is 7.78. The Morgan fingerprint density at radius 2 is 2.00 bits per heavy atom. The number of hydrogen-bond donors (Lipinski definition) is 3. The lowest BCUT2D eigenvalue weighted by atomic mass is 9.84. The molecule has 0 fully saturated rings. The molecule has 1 rings (SSSR count). The average molecular weight is 223 g/mol. The second-order valence-corrected chi connectivity index (χ2v) is 2.83. The third-order valence-electron chi connectivity index (χ3n) is 1.84. The molecule has 9 heteroatoms. The number of nitrogens with zero attached hydrogens (tertiary/aromatic N) is 2. The van der Waals surface area contributed by atoms with Gasteiger partial charge in [-0.3, -0.25) is 4.68 Å². The smallest absolute Gasteiger partial charge is 0.422 e. The topological polar surface area (TPSA) is 84.3 Å². The number of nitrogens with two attached hydrogens (primary N) is 1. The molecule has 0 aliphatic rings. The summed E-state index contributed by atoms with van der Waals surface area (Å²) in [6.45, 7) is 1.58. The summed E-state index contributed by atoms with van der Waals surface area (Å²) in [5.41, 5.74) is 2.65. The van der Waals surface area contributed by atoms with Gasteiger partial charge in [0.1, 0.15) is 0 Å². The summed E-state index contributed by atoms with van der Waals surface area (Å²) in [6.07, 6.45) is -4.70. The number of halogens is 3. The predicted molar refractivity (Wildman–Crippen MR) is 47.1 cm³/mol. The van der Waals surface area contributed by atoms with Crippen LogP contribution in [0.1, 0.15) is 12.6 Å². The van der Waals surface area contributed by atoms with Crippen LogP contribution < -0.4 is 11.3 Å². The molecule has 5 nitrogen and oxygen atoms in total. The monoisotopic (exact) mass is 223 g/mol. The molecule has 0 radical (unpaired) electrons. The third kappa shape index (κ3) is 2.07. The van der Waals surface area contributed by atoms with E-state index in [4.69, 9.17) is 15.8 Å². The normalized spacial score (nSPS) is 11.9. The summed E-state index contributed by atoms with van der Waals surface area (Å²) in [6, 6.07) is 0. The largest absolute Gasteiger partial charge is 0.509 e. The van der Waals surface area contributed by atoms with E-state index in [0.29, 0.717) is 0 Å². The van der Waals surface area contributed by atoms with Crippen molar-refractivity contribution in [3.05, 3.63) is 5.69 Å². The molecule has 0 bridgehead atoms. The van der Waals surface area contributed by atoms with Crippen molar-refractivity contribution in [1.29, 1.82) is 0 Å². The van der Waals surface area contributed by atoms with E-state index in [1.165, 1.54) is 6.92 Å². The first-order valence-electron chi connectivity index (χ1n) is 4.08. The maximum Gasteiger partial charge on any atom is 0.509 e. The third-order valence-corrected chi connectivity index (χ3v) is 1.84. The van der Waals surface area contributed by atoms with Crippen molar-refractivity contribution >= 4 is 18.4 Å². The fourth-order valence-electron chi connectivity index (χ4n) is 1.21. The van der Waals surface area contributed by atoms with Crippen LogP contribution in [0.2, 0.25) is 0 Å². The number of anilines is 1. The first-order valence-corrected chi connectivity index (χ1v) is 4.08. The van der Waals surface area contributed by atoms with Crippen molar-refractivity contribution in [3.63, 3.8) is 0 Å². The Bertz CT molecular complexity index is 363. The molecule has 1 heterocycles. The van der Waals surface area contributed by atoms with E-state index in [-0.39, 0.29) is 6.54 Å². The standard InChI is InChI=1S/C6H9BF3N3O2/c1-2-13-5(7(14)15)3(11)4(12-13)6(8,9)10/h14-15H,2,11H2,1H3. The van der Waals surface area contributed by atoms with Crippen LogP contribution in [-0.2, 0) is 12.7 Å². The van der Waals surface area contributed by atoms with Crippen LogP contribution in [0.5, 0.6) is 0 Å². The quantitative estimate of drug-likeness (QED) is 0.572. The number of aryl methyl sites for hydroxylation is 1. The lowest BCUT2D eigenvalue weighted by molar-refractivity contribution is -0.140. The highest BCUT2D eigenvalue weighted by Crippen LogP contribution is 2.31. The van der Waals surface area contributed by atoms with Gasteiger partial charge in [0.25, 0.3) is 0 Å². The zero-order valence-electron chi connectivity index (χ0n) is 7.78. The van der Waals surface area contributed by atoms with Gasteiger partial charge in [-0.1, -0.05) is 0 Å². The predicted octanol–water partition coefficient (Wildman–Crippen LogP) is -0.816. The molecule has 15 heavy (non-hydrogen) atoms. The Hall–Kier alpha value is -1.22. The van der Waals surface area contributed by atoms with Crippen molar-refractivity contribution in [3.8, 4) is 0 Å². The van der Waals surface area contributed by atoms with Gasteiger partial charge in [-0.05, 0) is 6.92 Å². The molecular formula is C6H9BF3N3O2. The minimum Gasteiger partial charge on any atom is -0.422 e. The molecule has 1 aromatic heterocycles. The fraction of sp³-hybridized carbons (Fsp3) is 0.500. The highest BCUT2D eigenvalue weighted by Gasteiger charge is 2.40. The van der Waals surface area contributed by atoms with E-state index in [1.807, 2.05) is 0 Å². The van der Waals surface area contributed by atoms with Crippen LogP contribution in [0.3, 0.4) is 0 Å². The van der Waals surface area contributed by atoms with Crippen LogP contribution in [0.25, 0.3) is 0 Å². The molecule has 1 aromatic rings. The van der Waals surface area contributed by atoms with Gasteiger partial charge in [0.2, 0.25) is 0 Å². The number of rotatable bonds is 2. The van der Waals surface area contributed by atoms with E-state index < -0.39 is 30.3 Å². The molecular weight excluding hydrogens is 214 g/mol. The fourth-order valence-corrected chi connectivity index (χ4v) is 1.21. The van der Waals surface area contributed by atoms with Crippen LogP contribution in [0.15, 0.2) is 0 Å². The lowest BCUT2D eigenvalue weighted by Gasteiger charge is -2.03. The number of aromatic nitrogens is 2. The molecule has 0 unspecified atom stereocenters. The Balaban J connectivity index is 3.35. The zero-order chi connectivity index (χ0) is 11.8. The molecule has 0 amide bonds. The Kier molecular flexibility index (Phi) is 2.96. The van der Waals surface area contributed by atoms with E-state index in [1.54, 1.807) is 0 Å². The molecule has 0 saturated heterocycles. The van der Waals surface area contributed by atoms with Crippen LogP contribution in [0, 0.1) is 0 Å². The van der Waals surface area contributed by atoms with Gasteiger partial charge in [-0.15, -0.1) is 0 Å². The first kappa shape index (κ1) is 11.9. The molecule has 0 saturated carbocycles. The van der Waals surface area contributed by atoms with Gasteiger partial charge in [0, 0.05) is 6.54 Å². The Morgan fingerprint density at radius 1 is 1.47 bits per heavy atom.